The monoisotopic (exact) mass is 412 g/mol. The van der Waals surface area contributed by atoms with Crippen molar-refractivity contribution < 1.29 is 5.11 Å². The first-order valence-electron chi connectivity index (χ1n) is 13.2. The molecule has 0 aromatic rings. The van der Waals surface area contributed by atoms with Crippen LogP contribution in [0.3, 0.4) is 0 Å². The van der Waals surface area contributed by atoms with Crippen molar-refractivity contribution in [1.29, 1.82) is 0 Å². The fraction of sp³-hybridized carbons (Fsp3) is 0.862. The van der Waals surface area contributed by atoms with E-state index in [0.717, 1.165) is 48.3 Å². The lowest BCUT2D eigenvalue weighted by Gasteiger charge is -2.58. The van der Waals surface area contributed by atoms with E-state index >= 15 is 0 Å². The minimum Gasteiger partial charge on any atom is -0.393 e. The fourth-order valence-corrected chi connectivity index (χ4v) is 8.82. The van der Waals surface area contributed by atoms with Gasteiger partial charge < -0.3 is 5.11 Å². The number of aliphatic hydroxyl groups is 1. The Morgan fingerprint density at radius 3 is 2.43 bits per heavy atom. The molecule has 0 saturated heterocycles. The van der Waals surface area contributed by atoms with E-state index in [-0.39, 0.29) is 6.10 Å². The molecule has 4 aliphatic rings. The largest absolute Gasteiger partial charge is 0.393 e. The third-order valence-corrected chi connectivity index (χ3v) is 10.9. The van der Waals surface area contributed by atoms with Gasteiger partial charge in [0.05, 0.1) is 6.10 Å². The van der Waals surface area contributed by atoms with Crippen LogP contribution in [-0.2, 0) is 0 Å². The van der Waals surface area contributed by atoms with Crippen molar-refractivity contribution in [2.45, 2.75) is 105 Å². The van der Waals surface area contributed by atoms with E-state index in [1.165, 1.54) is 51.4 Å². The number of allylic oxidation sites excluding steroid dienone is 3. The maximum Gasteiger partial charge on any atom is 0.0546 e. The van der Waals surface area contributed by atoms with Gasteiger partial charge in [-0.25, -0.2) is 0 Å². The summed E-state index contributed by atoms with van der Waals surface area (Å²) in [5, 5.41) is 10.2. The predicted octanol–water partition coefficient (Wildman–Crippen LogP) is 7.80. The number of aliphatic hydroxyl groups excluding tert-OH is 1. The maximum absolute atomic E-state index is 10.2. The van der Waals surface area contributed by atoms with E-state index in [1.807, 2.05) is 0 Å². The van der Waals surface area contributed by atoms with Crippen LogP contribution in [0.25, 0.3) is 0 Å². The van der Waals surface area contributed by atoms with Crippen LogP contribution in [0.5, 0.6) is 0 Å². The molecular formula is C29H48O. The molecule has 0 heterocycles. The van der Waals surface area contributed by atoms with E-state index in [4.69, 9.17) is 0 Å². The van der Waals surface area contributed by atoms with Gasteiger partial charge in [0, 0.05) is 0 Å². The molecule has 0 aliphatic heterocycles. The normalized spacial score (nSPS) is 46.2. The molecule has 170 valence electrons. The van der Waals surface area contributed by atoms with Gasteiger partial charge in [0.15, 0.2) is 0 Å². The molecule has 1 heteroatoms. The van der Waals surface area contributed by atoms with Crippen molar-refractivity contribution in [3.8, 4) is 0 Å². The first-order chi connectivity index (χ1) is 14.2. The van der Waals surface area contributed by atoms with Gasteiger partial charge >= 0.3 is 0 Å². The van der Waals surface area contributed by atoms with Crippen molar-refractivity contribution in [1.82, 2.24) is 0 Å². The highest BCUT2D eigenvalue weighted by Crippen LogP contribution is 2.66. The van der Waals surface area contributed by atoms with Gasteiger partial charge in [0.25, 0.3) is 0 Å². The summed E-state index contributed by atoms with van der Waals surface area (Å²) < 4.78 is 0. The minimum absolute atomic E-state index is 0.0740. The third-order valence-electron chi connectivity index (χ3n) is 10.9. The average molecular weight is 413 g/mol. The highest BCUT2D eigenvalue weighted by atomic mass is 16.3. The van der Waals surface area contributed by atoms with E-state index in [0.29, 0.717) is 16.7 Å². The second-order valence-electron chi connectivity index (χ2n) is 12.5. The van der Waals surface area contributed by atoms with Crippen LogP contribution in [0.15, 0.2) is 24.3 Å². The summed E-state index contributed by atoms with van der Waals surface area (Å²) in [4.78, 5) is 0. The molecule has 30 heavy (non-hydrogen) atoms. The van der Waals surface area contributed by atoms with Gasteiger partial charge in [0.2, 0.25) is 0 Å². The Labute approximate surface area is 186 Å². The van der Waals surface area contributed by atoms with Gasteiger partial charge in [0.1, 0.15) is 0 Å². The second kappa shape index (κ2) is 8.42. The summed E-state index contributed by atoms with van der Waals surface area (Å²) in [5.74, 6) is 5.40. The molecule has 0 aromatic heterocycles. The lowest BCUT2D eigenvalue weighted by atomic mass is 9.46. The van der Waals surface area contributed by atoms with Gasteiger partial charge in [-0.3, -0.25) is 0 Å². The first-order valence-corrected chi connectivity index (χ1v) is 13.2. The van der Waals surface area contributed by atoms with Crippen LogP contribution in [-0.4, -0.2) is 11.2 Å². The molecular weight excluding hydrogens is 364 g/mol. The number of hydrogen-bond acceptors (Lipinski definition) is 1. The Morgan fingerprint density at radius 1 is 1.03 bits per heavy atom. The van der Waals surface area contributed by atoms with Crippen LogP contribution in [0.2, 0.25) is 0 Å². The molecule has 1 N–H and O–H groups in total. The zero-order valence-corrected chi connectivity index (χ0v) is 20.5. The summed E-state index contributed by atoms with van der Waals surface area (Å²) in [6.45, 7) is 17.0. The lowest BCUT2D eigenvalue weighted by Crippen LogP contribution is -2.52. The van der Waals surface area contributed by atoms with Crippen molar-refractivity contribution in [3.05, 3.63) is 24.3 Å². The molecule has 2 unspecified atom stereocenters. The smallest absolute Gasteiger partial charge is 0.0546 e. The summed E-state index contributed by atoms with van der Waals surface area (Å²) in [7, 11) is 0. The fourth-order valence-electron chi connectivity index (χ4n) is 8.82. The molecule has 0 spiro atoms. The van der Waals surface area contributed by atoms with Crippen LogP contribution in [0.1, 0.15) is 98.8 Å². The van der Waals surface area contributed by atoms with Gasteiger partial charge in [-0.1, -0.05) is 65.3 Å². The molecule has 3 fully saturated rings. The topological polar surface area (TPSA) is 20.2 Å². The minimum atomic E-state index is -0.0740. The zero-order chi connectivity index (χ0) is 21.7. The summed E-state index contributed by atoms with van der Waals surface area (Å²) in [6.07, 6.45) is 17.7. The molecule has 3 saturated carbocycles. The van der Waals surface area contributed by atoms with Crippen LogP contribution in [0, 0.1) is 52.3 Å². The molecule has 0 radical (unpaired) electrons. The molecule has 4 aliphatic carbocycles. The van der Waals surface area contributed by atoms with Crippen LogP contribution < -0.4 is 0 Å². The van der Waals surface area contributed by atoms with Crippen molar-refractivity contribution in [2.75, 3.05) is 0 Å². The molecule has 4 rings (SSSR count). The molecule has 0 aromatic carbocycles. The summed E-state index contributed by atoms with van der Waals surface area (Å²) >= 11 is 0. The molecule has 0 amide bonds. The first kappa shape index (κ1) is 22.6. The Kier molecular flexibility index (Phi) is 6.35. The Morgan fingerprint density at radius 2 is 1.73 bits per heavy atom. The third kappa shape index (κ3) is 3.66. The summed E-state index contributed by atoms with van der Waals surface area (Å²) in [5.41, 5.74) is 2.45. The molecule has 0 bridgehead atoms. The molecule has 9 atom stereocenters. The lowest BCUT2D eigenvalue weighted by molar-refractivity contribution is -0.0747. The number of rotatable bonds is 6. The molecule has 1 nitrogen and oxygen atoms in total. The van der Waals surface area contributed by atoms with E-state index in [9.17, 15) is 5.11 Å². The van der Waals surface area contributed by atoms with Gasteiger partial charge in [-0.2, -0.15) is 0 Å². The van der Waals surface area contributed by atoms with E-state index in [1.54, 1.807) is 5.57 Å². The zero-order valence-electron chi connectivity index (χ0n) is 20.5. The van der Waals surface area contributed by atoms with E-state index in [2.05, 4.69) is 53.3 Å². The van der Waals surface area contributed by atoms with Crippen molar-refractivity contribution >= 4 is 0 Å². The Hall–Kier alpha value is -0.560. The van der Waals surface area contributed by atoms with Crippen LogP contribution in [0.4, 0.5) is 0 Å². The second-order valence-corrected chi connectivity index (χ2v) is 12.5. The van der Waals surface area contributed by atoms with E-state index < -0.39 is 0 Å². The Bertz CT molecular complexity index is 661. The van der Waals surface area contributed by atoms with Gasteiger partial charge in [-0.15, -0.1) is 0 Å². The maximum atomic E-state index is 10.2. The van der Waals surface area contributed by atoms with Crippen molar-refractivity contribution in [2.24, 2.45) is 52.3 Å². The Balaban J connectivity index is 1.48. The van der Waals surface area contributed by atoms with Crippen molar-refractivity contribution in [3.63, 3.8) is 0 Å². The predicted molar refractivity (Wildman–Crippen MR) is 128 cm³/mol. The standard InChI is InChI=1S/C29H48O/c1-7-21(19(2)3)9-8-20(4)25-12-13-26-24-11-10-22-18-23(30)14-16-28(22,5)27(24)15-17-29(25,26)6/h10-11,19,21-27,30H,4,7-9,12-18H2,1-3,5-6H3/t21?,22?,23-,24-,25+,26-,27-,28-,29+/m0/s1. The highest BCUT2D eigenvalue weighted by molar-refractivity contribution is 5.21. The quantitative estimate of drug-likeness (QED) is 0.441. The highest BCUT2D eigenvalue weighted by Gasteiger charge is 2.59. The average Bonchev–Trinajstić information content (AvgIpc) is 3.06. The SMILES string of the molecule is C=C(CCC(CC)C(C)C)[C@H]1CC[C@H]2[C@@H]3C=CC4C[C@@H](O)CC[C@]4(C)[C@H]3CC[C@]12C. The van der Waals surface area contributed by atoms with Crippen LogP contribution >= 0.6 is 0 Å². The number of fused-ring (bicyclic) bond motifs is 5. The summed E-state index contributed by atoms with van der Waals surface area (Å²) in [6, 6.07) is 0. The van der Waals surface area contributed by atoms with Gasteiger partial charge in [-0.05, 0) is 110 Å². The number of hydrogen-bond donors (Lipinski definition) is 1.